The Morgan fingerprint density at radius 2 is 1.59 bits per heavy atom. The summed E-state index contributed by atoms with van der Waals surface area (Å²) in [6.07, 6.45) is 4.17. The van der Waals surface area contributed by atoms with Gasteiger partial charge in [-0.1, -0.05) is 61.4 Å². The summed E-state index contributed by atoms with van der Waals surface area (Å²) in [5.74, 6) is 0.565. The maximum absolute atomic E-state index is 11.7. The maximum atomic E-state index is 11.7. The molecule has 1 N–H and O–H groups in total. The van der Waals surface area contributed by atoms with Gasteiger partial charge in [0.25, 0.3) is 0 Å². The molecule has 27 heavy (non-hydrogen) atoms. The van der Waals surface area contributed by atoms with Gasteiger partial charge >= 0.3 is 5.97 Å². The van der Waals surface area contributed by atoms with Crippen LogP contribution in [-0.4, -0.2) is 30.5 Å². The molecule has 0 saturated carbocycles. The Kier molecular flexibility index (Phi) is 10.0. The Balaban J connectivity index is 1.48. The molecule has 146 valence electrons. The molecule has 0 spiro atoms. The van der Waals surface area contributed by atoms with Crippen molar-refractivity contribution in [3.8, 4) is 5.75 Å². The first kappa shape index (κ1) is 20.9. The minimum Gasteiger partial charge on any atom is -0.490 e. The Hall–Kier alpha value is -2.37. The summed E-state index contributed by atoms with van der Waals surface area (Å²) in [6.45, 7) is 0.607. The SMILES string of the molecule is O=C(CCCCCC(Cc1ccccc1)OO)OCCOc1ccccc1. The maximum Gasteiger partial charge on any atom is 0.305 e. The second kappa shape index (κ2) is 12.9. The van der Waals surface area contributed by atoms with Crippen molar-refractivity contribution in [3.05, 3.63) is 66.2 Å². The standard InChI is InChI=1S/C22H28O5/c23-22(26-17-16-25-20-12-6-2-7-13-20)15-9-3-8-14-21(27-24)18-19-10-4-1-5-11-19/h1-2,4-7,10-13,21,24H,3,8-9,14-18H2. The molecular weight excluding hydrogens is 344 g/mol. The predicted octanol–water partition coefficient (Wildman–Crippen LogP) is 4.66. The summed E-state index contributed by atoms with van der Waals surface area (Å²) in [5, 5.41) is 9.05. The molecule has 0 aliphatic rings. The highest BCUT2D eigenvalue weighted by Gasteiger charge is 2.10. The van der Waals surface area contributed by atoms with E-state index in [9.17, 15) is 4.79 Å². The predicted molar refractivity (Wildman–Crippen MR) is 104 cm³/mol. The van der Waals surface area contributed by atoms with Crippen molar-refractivity contribution in [2.75, 3.05) is 13.2 Å². The highest BCUT2D eigenvalue weighted by molar-refractivity contribution is 5.69. The quantitative estimate of drug-likeness (QED) is 0.240. The van der Waals surface area contributed by atoms with E-state index >= 15 is 0 Å². The largest absolute Gasteiger partial charge is 0.490 e. The summed E-state index contributed by atoms with van der Waals surface area (Å²) in [5.41, 5.74) is 1.14. The molecule has 0 saturated heterocycles. The van der Waals surface area contributed by atoms with Gasteiger partial charge in [0.05, 0.1) is 6.10 Å². The van der Waals surface area contributed by atoms with Crippen LogP contribution in [0, 0.1) is 0 Å². The monoisotopic (exact) mass is 372 g/mol. The van der Waals surface area contributed by atoms with Crippen LogP contribution >= 0.6 is 0 Å². The Labute approximate surface area is 160 Å². The van der Waals surface area contributed by atoms with Crippen LogP contribution in [0.15, 0.2) is 60.7 Å². The summed E-state index contributed by atoms with van der Waals surface area (Å²) in [7, 11) is 0. The molecule has 0 amide bonds. The molecule has 0 aromatic heterocycles. The number of esters is 1. The van der Waals surface area contributed by atoms with Crippen LogP contribution in [-0.2, 0) is 20.8 Å². The van der Waals surface area contributed by atoms with E-state index in [0.29, 0.717) is 19.4 Å². The highest BCUT2D eigenvalue weighted by atomic mass is 17.1. The Bertz CT molecular complexity index is 630. The van der Waals surface area contributed by atoms with Crippen LogP contribution in [0.25, 0.3) is 0 Å². The van der Waals surface area contributed by atoms with Gasteiger partial charge in [0.2, 0.25) is 0 Å². The lowest BCUT2D eigenvalue weighted by atomic mass is 10.0. The number of carbonyl (C=O) groups is 1. The van der Waals surface area contributed by atoms with Crippen LogP contribution in [0.4, 0.5) is 0 Å². The number of rotatable bonds is 13. The highest BCUT2D eigenvalue weighted by Crippen LogP contribution is 2.13. The summed E-state index contributed by atoms with van der Waals surface area (Å²) >= 11 is 0. The number of unbranched alkanes of at least 4 members (excludes halogenated alkanes) is 2. The summed E-state index contributed by atoms with van der Waals surface area (Å²) in [4.78, 5) is 16.3. The second-order valence-electron chi connectivity index (χ2n) is 6.40. The van der Waals surface area contributed by atoms with Crippen molar-refractivity contribution in [3.63, 3.8) is 0 Å². The second-order valence-corrected chi connectivity index (χ2v) is 6.40. The zero-order valence-corrected chi connectivity index (χ0v) is 15.6. The average molecular weight is 372 g/mol. The van der Waals surface area contributed by atoms with Gasteiger partial charge in [-0.3, -0.25) is 10.1 Å². The van der Waals surface area contributed by atoms with Gasteiger partial charge in [-0.25, -0.2) is 4.89 Å². The van der Waals surface area contributed by atoms with E-state index in [1.165, 1.54) is 0 Å². The minimum absolute atomic E-state index is 0.203. The van der Waals surface area contributed by atoms with Gasteiger partial charge in [0.1, 0.15) is 19.0 Å². The molecule has 0 heterocycles. The summed E-state index contributed by atoms with van der Waals surface area (Å²) in [6, 6.07) is 19.4. The van der Waals surface area contributed by atoms with Crippen LogP contribution < -0.4 is 4.74 Å². The average Bonchev–Trinajstić information content (AvgIpc) is 2.71. The molecule has 5 heteroatoms. The van der Waals surface area contributed by atoms with Gasteiger partial charge in [0, 0.05) is 12.8 Å². The molecule has 2 aromatic rings. The third kappa shape index (κ3) is 9.22. The fraction of sp³-hybridized carbons (Fsp3) is 0.409. The van der Waals surface area contributed by atoms with Gasteiger partial charge in [-0.05, 0) is 30.5 Å². The van der Waals surface area contributed by atoms with E-state index in [0.717, 1.165) is 37.0 Å². The van der Waals surface area contributed by atoms with E-state index in [4.69, 9.17) is 14.7 Å². The zero-order chi connectivity index (χ0) is 19.2. The number of carbonyl (C=O) groups excluding carboxylic acids is 1. The first-order valence-electron chi connectivity index (χ1n) is 9.45. The van der Waals surface area contributed by atoms with Gasteiger partial charge in [-0.2, -0.15) is 0 Å². The lowest BCUT2D eigenvalue weighted by Crippen LogP contribution is -2.14. The molecule has 2 aromatic carbocycles. The smallest absolute Gasteiger partial charge is 0.305 e. The van der Waals surface area contributed by atoms with Crippen LogP contribution in [0.3, 0.4) is 0 Å². The van der Waals surface area contributed by atoms with Crippen molar-refractivity contribution >= 4 is 5.97 Å². The molecule has 0 bridgehead atoms. The normalized spacial score (nSPS) is 11.7. The first-order chi connectivity index (χ1) is 13.3. The van der Waals surface area contributed by atoms with Gasteiger partial charge in [0.15, 0.2) is 0 Å². The molecule has 1 atom stereocenters. The van der Waals surface area contributed by atoms with E-state index in [1.54, 1.807) is 0 Å². The summed E-state index contributed by atoms with van der Waals surface area (Å²) < 4.78 is 10.6. The van der Waals surface area contributed by atoms with E-state index in [2.05, 4.69) is 4.89 Å². The van der Waals surface area contributed by atoms with Crippen molar-refractivity contribution in [1.82, 2.24) is 0 Å². The fourth-order valence-electron chi connectivity index (χ4n) is 2.79. The van der Waals surface area contributed by atoms with E-state index in [1.807, 2.05) is 60.7 Å². The zero-order valence-electron chi connectivity index (χ0n) is 15.6. The molecule has 0 radical (unpaired) electrons. The van der Waals surface area contributed by atoms with Crippen LogP contribution in [0.1, 0.15) is 37.7 Å². The van der Waals surface area contributed by atoms with Crippen LogP contribution in [0.2, 0.25) is 0 Å². The minimum atomic E-state index is -0.213. The van der Waals surface area contributed by atoms with Gasteiger partial charge in [-0.15, -0.1) is 0 Å². The molecule has 0 aliphatic heterocycles. The molecule has 0 fully saturated rings. The third-order valence-corrected chi connectivity index (χ3v) is 4.22. The van der Waals surface area contributed by atoms with E-state index < -0.39 is 0 Å². The number of ether oxygens (including phenoxy) is 2. The Morgan fingerprint density at radius 3 is 2.30 bits per heavy atom. The lowest BCUT2D eigenvalue weighted by Gasteiger charge is -2.13. The third-order valence-electron chi connectivity index (χ3n) is 4.22. The van der Waals surface area contributed by atoms with Crippen molar-refractivity contribution in [2.45, 2.75) is 44.6 Å². The number of hydrogen-bond donors (Lipinski definition) is 1. The molecule has 2 rings (SSSR count). The molecular formula is C22H28O5. The molecule has 5 nitrogen and oxygen atoms in total. The fourth-order valence-corrected chi connectivity index (χ4v) is 2.79. The van der Waals surface area contributed by atoms with E-state index in [-0.39, 0.29) is 18.7 Å². The topological polar surface area (TPSA) is 65.0 Å². The molecule has 0 aliphatic carbocycles. The van der Waals surface area contributed by atoms with Crippen LogP contribution in [0.5, 0.6) is 5.75 Å². The first-order valence-corrected chi connectivity index (χ1v) is 9.45. The number of para-hydroxylation sites is 1. The Morgan fingerprint density at radius 1 is 0.889 bits per heavy atom. The number of benzene rings is 2. The molecule has 1 unspecified atom stereocenters. The lowest BCUT2D eigenvalue weighted by molar-refractivity contribution is -0.279. The van der Waals surface area contributed by atoms with Gasteiger partial charge < -0.3 is 9.47 Å². The van der Waals surface area contributed by atoms with Crippen molar-refractivity contribution in [1.29, 1.82) is 0 Å². The number of hydrogen-bond acceptors (Lipinski definition) is 5. The van der Waals surface area contributed by atoms with Crippen molar-refractivity contribution < 1.29 is 24.4 Å². The van der Waals surface area contributed by atoms with Crippen molar-refractivity contribution in [2.24, 2.45) is 0 Å².